The van der Waals surface area contributed by atoms with E-state index in [-0.39, 0.29) is 17.3 Å². The lowest BCUT2D eigenvalue weighted by Crippen LogP contribution is -2.33. The topological polar surface area (TPSA) is 26.3 Å². The fourth-order valence-electron chi connectivity index (χ4n) is 4.09. The van der Waals surface area contributed by atoms with Crippen LogP contribution in [0.4, 0.5) is 0 Å². The molecule has 0 amide bonds. The summed E-state index contributed by atoms with van der Waals surface area (Å²) in [6, 6.07) is 0. The maximum atomic E-state index is 11.3. The van der Waals surface area contributed by atoms with Crippen LogP contribution in [0, 0.1) is 29.6 Å². The number of allylic oxidation sites excluding steroid dienone is 2. The third kappa shape index (κ3) is 2.64. The Kier molecular flexibility index (Phi) is 3.75. The van der Waals surface area contributed by atoms with Gasteiger partial charge in [0.25, 0.3) is 0 Å². The molecule has 0 aromatic heterocycles. The summed E-state index contributed by atoms with van der Waals surface area (Å²) in [4.78, 5) is 11.3. The fourth-order valence-corrected chi connectivity index (χ4v) is 4.09. The van der Waals surface area contributed by atoms with Gasteiger partial charge in [0.05, 0.1) is 0 Å². The molecule has 1 fully saturated rings. The van der Waals surface area contributed by atoms with Crippen molar-refractivity contribution in [1.29, 1.82) is 0 Å². The van der Waals surface area contributed by atoms with Gasteiger partial charge in [-0.2, -0.15) is 0 Å². The predicted molar refractivity (Wildman–Crippen MR) is 80.9 cm³/mol. The summed E-state index contributed by atoms with van der Waals surface area (Å²) in [7, 11) is 0. The molecular weight excluding hydrogens is 248 g/mol. The summed E-state index contributed by atoms with van der Waals surface area (Å²) in [5, 5.41) is 0. The van der Waals surface area contributed by atoms with Crippen molar-refractivity contribution in [2.75, 3.05) is 0 Å². The number of rotatable bonds is 3. The van der Waals surface area contributed by atoms with Crippen LogP contribution in [-0.4, -0.2) is 11.6 Å². The van der Waals surface area contributed by atoms with Crippen molar-refractivity contribution in [2.45, 2.75) is 65.9 Å². The number of carbonyl (C=O) groups excluding carboxylic acids is 1. The van der Waals surface area contributed by atoms with E-state index in [2.05, 4.69) is 26.7 Å². The summed E-state index contributed by atoms with van der Waals surface area (Å²) in [5.41, 5.74) is 2.60. The van der Waals surface area contributed by atoms with Crippen molar-refractivity contribution in [3.8, 4) is 12.3 Å². The van der Waals surface area contributed by atoms with Crippen molar-refractivity contribution in [3.63, 3.8) is 0 Å². The second kappa shape index (κ2) is 4.95. The Labute approximate surface area is 123 Å². The van der Waals surface area contributed by atoms with E-state index in [1.54, 1.807) is 5.57 Å². The number of hydrogen-bond acceptors (Lipinski definition) is 2. The number of ether oxygens (including phenoxy) is 1. The third-order valence-corrected chi connectivity index (χ3v) is 5.05. The van der Waals surface area contributed by atoms with Crippen molar-refractivity contribution in [1.82, 2.24) is 0 Å². The first-order chi connectivity index (χ1) is 9.21. The smallest absolute Gasteiger partial charge is 0.304 e. The number of esters is 1. The van der Waals surface area contributed by atoms with Gasteiger partial charge in [-0.1, -0.05) is 30.9 Å². The lowest BCUT2D eigenvalue weighted by molar-refractivity contribution is -0.151. The molecular formula is C18H26O2. The molecule has 0 radical (unpaired) electrons. The Morgan fingerprint density at radius 3 is 2.65 bits per heavy atom. The van der Waals surface area contributed by atoms with E-state index in [0.29, 0.717) is 5.92 Å². The molecule has 2 rings (SSSR count). The van der Waals surface area contributed by atoms with Crippen molar-refractivity contribution in [3.05, 3.63) is 11.1 Å². The molecule has 3 atom stereocenters. The van der Waals surface area contributed by atoms with E-state index in [1.165, 1.54) is 31.8 Å². The highest BCUT2D eigenvalue weighted by Gasteiger charge is 2.55. The van der Waals surface area contributed by atoms with E-state index in [1.807, 2.05) is 6.92 Å². The maximum Gasteiger partial charge on any atom is 0.304 e. The quantitative estimate of drug-likeness (QED) is 0.440. The zero-order chi connectivity index (χ0) is 15.1. The predicted octanol–water partition coefficient (Wildman–Crippen LogP) is 4.10. The van der Waals surface area contributed by atoms with Crippen LogP contribution in [0.15, 0.2) is 11.1 Å². The van der Waals surface area contributed by atoms with Crippen LogP contribution in [-0.2, 0) is 9.53 Å². The van der Waals surface area contributed by atoms with Crippen LogP contribution in [0.3, 0.4) is 0 Å². The molecule has 1 saturated carbocycles. The minimum absolute atomic E-state index is 0.257. The van der Waals surface area contributed by atoms with Gasteiger partial charge >= 0.3 is 5.97 Å². The van der Waals surface area contributed by atoms with Gasteiger partial charge < -0.3 is 4.74 Å². The van der Waals surface area contributed by atoms with E-state index in [4.69, 9.17) is 11.2 Å². The maximum absolute atomic E-state index is 11.3. The van der Waals surface area contributed by atoms with Crippen LogP contribution in [0.2, 0.25) is 0 Å². The normalized spacial score (nSPS) is 31.2. The average molecular weight is 274 g/mol. The minimum Gasteiger partial charge on any atom is -0.446 e. The fraction of sp³-hybridized carbons (Fsp3) is 0.722. The average Bonchev–Trinajstić information content (AvgIpc) is 3.07. The molecule has 0 saturated heterocycles. The first kappa shape index (κ1) is 15.2. The van der Waals surface area contributed by atoms with Gasteiger partial charge in [-0.25, -0.2) is 0 Å². The SMILES string of the molecule is C#CC(C)(OC(C)=O)[C@@H]1C[C@H]1C1=C(C)CCCC1(C)C. The van der Waals surface area contributed by atoms with E-state index in [9.17, 15) is 4.79 Å². The molecule has 0 N–H and O–H groups in total. The number of carbonyl (C=O) groups is 1. The van der Waals surface area contributed by atoms with E-state index >= 15 is 0 Å². The number of hydrogen-bond donors (Lipinski definition) is 0. The Bertz CT molecular complexity index is 492. The van der Waals surface area contributed by atoms with E-state index in [0.717, 1.165) is 6.42 Å². The Morgan fingerprint density at radius 1 is 1.50 bits per heavy atom. The van der Waals surface area contributed by atoms with Crippen LogP contribution in [0.1, 0.15) is 60.3 Å². The van der Waals surface area contributed by atoms with Crippen molar-refractivity contribution >= 4 is 5.97 Å². The van der Waals surface area contributed by atoms with Gasteiger partial charge in [0.2, 0.25) is 0 Å². The first-order valence-corrected chi connectivity index (χ1v) is 7.59. The van der Waals surface area contributed by atoms with Gasteiger partial charge in [0.15, 0.2) is 5.60 Å². The van der Waals surface area contributed by atoms with Gasteiger partial charge in [-0.05, 0) is 50.9 Å². The van der Waals surface area contributed by atoms with Crippen LogP contribution in [0.25, 0.3) is 0 Å². The summed E-state index contributed by atoms with van der Waals surface area (Å²) < 4.78 is 5.44. The monoisotopic (exact) mass is 274 g/mol. The standard InChI is InChI=1S/C18H26O2/c1-7-18(6,20-13(3)19)15-11-14(15)16-12(2)9-8-10-17(16,4)5/h1,14-15H,8-11H2,2-6H3/t14-,15-,18?/m1/s1. The van der Waals surface area contributed by atoms with Crippen LogP contribution < -0.4 is 0 Å². The first-order valence-electron chi connectivity index (χ1n) is 7.59. The molecule has 2 heteroatoms. The molecule has 2 aliphatic carbocycles. The van der Waals surface area contributed by atoms with Gasteiger partial charge in [-0.3, -0.25) is 4.79 Å². The molecule has 0 aromatic rings. The van der Waals surface area contributed by atoms with Crippen LogP contribution >= 0.6 is 0 Å². The molecule has 0 aromatic carbocycles. The Balaban J connectivity index is 2.23. The molecule has 20 heavy (non-hydrogen) atoms. The molecule has 0 bridgehead atoms. The Hall–Kier alpha value is -1.23. The highest BCUT2D eigenvalue weighted by Crippen LogP contribution is 2.59. The zero-order valence-corrected chi connectivity index (χ0v) is 13.4. The summed E-state index contributed by atoms with van der Waals surface area (Å²) in [5.74, 6) is 3.20. The van der Waals surface area contributed by atoms with Crippen molar-refractivity contribution < 1.29 is 9.53 Å². The molecule has 0 aliphatic heterocycles. The third-order valence-electron chi connectivity index (χ3n) is 5.05. The molecule has 110 valence electrons. The second-order valence-corrected chi connectivity index (χ2v) is 7.23. The zero-order valence-electron chi connectivity index (χ0n) is 13.4. The highest BCUT2D eigenvalue weighted by molar-refractivity contribution is 5.67. The molecule has 2 aliphatic rings. The number of terminal acetylenes is 1. The van der Waals surface area contributed by atoms with Gasteiger partial charge in [0.1, 0.15) is 0 Å². The van der Waals surface area contributed by atoms with Crippen LogP contribution in [0.5, 0.6) is 0 Å². The minimum atomic E-state index is -0.753. The molecule has 1 unspecified atom stereocenters. The van der Waals surface area contributed by atoms with Gasteiger partial charge in [0, 0.05) is 12.8 Å². The second-order valence-electron chi connectivity index (χ2n) is 7.23. The summed E-state index contributed by atoms with van der Waals surface area (Å²) in [6.07, 6.45) is 10.4. The lowest BCUT2D eigenvalue weighted by atomic mass is 9.70. The summed E-state index contributed by atoms with van der Waals surface area (Å²) in [6.45, 7) is 10.2. The largest absolute Gasteiger partial charge is 0.446 e. The Morgan fingerprint density at radius 2 is 2.15 bits per heavy atom. The molecule has 0 heterocycles. The molecule has 2 nitrogen and oxygen atoms in total. The summed E-state index contributed by atoms with van der Waals surface area (Å²) >= 11 is 0. The van der Waals surface area contributed by atoms with Gasteiger partial charge in [-0.15, -0.1) is 6.42 Å². The lowest BCUT2D eigenvalue weighted by Gasteiger charge is -2.36. The molecule has 0 spiro atoms. The van der Waals surface area contributed by atoms with E-state index < -0.39 is 5.60 Å². The van der Waals surface area contributed by atoms with Crippen molar-refractivity contribution in [2.24, 2.45) is 17.3 Å². The highest BCUT2D eigenvalue weighted by atomic mass is 16.6.